The molecule has 136 valence electrons. The first-order valence-electron chi connectivity index (χ1n) is 9.36. The van der Waals surface area contributed by atoms with Crippen LogP contribution < -0.4 is 5.32 Å². The fraction of sp³-hybridized carbons (Fsp3) is 0.429. The Morgan fingerprint density at radius 3 is 2.65 bits per heavy atom. The van der Waals surface area contributed by atoms with Crippen molar-refractivity contribution < 1.29 is 9.59 Å². The van der Waals surface area contributed by atoms with Crippen LogP contribution >= 0.6 is 11.3 Å². The fourth-order valence-corrected chi connectivity index (χ4v) is 4.77. The van der Waals surface area contributed by atoms with Crippen molar-refractivity contribution in [3.05, 3.63) is 57.8 Å². The Hall–Kier alpha value is -2.14. The van der Waals surface area contributed by atoms with E-state index in [0.29, 0.717) is 12.1 Å². The first-order valence-corrected chi connectivity index (χ1v) is 10.2. The van der Waals surface area contributed by atoms with Crippen LogP contribution in [0, 0.1) is 5.92 Å². The molecule has 1 aliphatic carbocycles. The van der Waals surface area contributed by atoms with E-state index in [1.165, 1.54) is 0 Å². The van der Waals surface area contributed by atoms with Gasteiger partial charge in [0.05, 0.1) is 6.54 Å². The molecule has 4 nitrogen and oxygen atoms in total. The number of carbonyl (C=O) groups is 2. The summed E-state index contributed by atoms with van der Waals surface area (Å²) >= 11 is 1.61. The lowest BCUT2D eigenvalue weighted by atomic mass is 9.87. The maximum Gasteiger partial charge on any atom is 0.255 e. The third-order valence-corrected chi connectivity index (χ3v) is 6.44. The molecule has 2 aromatic rings. The van der Waals surface area contributed by atoms with Gasteiger partial charge < -0.3 is 10.2 Å². The molecule has 2 heterocycles. The number of nitrogens with zero attached hydrogens (tertiary/aromatic N) is 1. The van der Waals surface area contributed by atoms with Crippen LogP contribution in [0.5, 0.6) is 0 Å². The Bertz CT molecular complexity index is 794. The van der Waals surface area contributed by atoms with Crippen molar-refractivity contribution in [3.63, 3.8) is 0 Å². The summed E-state index contributed by atoms with van der Waals surface area (Å²) in [6.45, 7) is 2.75. The zero-order chi connectivity index (χ0) is 18.1. The summed E-state index contributed by atoms with van der Waals surface area (Å²) < 4.78 is 0. The van der Waals surface area contributed by atoms with Crippen molar-refractivity contribution in [1.82, 2.24) is 10.2 Å². The second kappa shape index (κ2) is 7.23. The van der Waals surface area contributed by atoms with E-state index < -0.39 is 6.04 Å². The van der Waals surface area contributed by atoms with Crippen LogP contribution in [0.4, 0.5) is 0 Å². The van der Waals surface area contributed by atoms with E-state index in [1.54, 1.807) is 16.2 Å². The molecular formula is C21H24N2O2S. The molecular weight excluding hydrogens is 344 g/mol. The van der Waals surface area contributed by atoms with Gasteiger partial charge >= 0.3 is 0 Å². The second-order valence-corrected chi connectivity index (χ2v) is 8.50. The Labute approximate surface area is 158 Å². The summed E-state index contributed by atoms with van der Waals surface area (Å²) in [5.74, 6) is 0.651. The highest BCUT2D eigenvalue weighted by Crippen LogP contribution is 2.36. The van der Waals surface area contributed by atoms with Gasteiger partial charge in [0.15, 0.2) is 0 Å². The molecule has 1 N–H and O–H groups in total. The van der Waals surface area contributed by atoms with Crippen molar-refractivity contribution >= 4 is 23.2 Å². The van der Waals surface area contributed by atoms with Gasteiger partial charge in [0.2, 0.25) is 5.91 Å². The average Bonchev–Trinajstić information content (AvgIpc) is 3.25. The quantitative estimate of drug-likeness (QED) is 0.882. The van der Waals surface area contributed by atoms with Crippen molar-refractivity contribution in [3.8, 4) is 0 Å². The number of amides is 2. The molecule has 5 heteroatoms. The van der Waals surface area contributed by atoms with Crippen LogP contribution in [0.3, 0.4) is 0 Å². The summed E-state index contributed by atoms with van der Waals surface area (Å²) in [5, 5.41) is 5.22. The van der Waals surface area contributed by atoms with Gasteiger partial charge in [-0.05, 0) is 54.7 Å². The molecule has 0 bridgehead atoms. The number of thiophene rings is 1. The molecule has 1 saturated carbocycles. The molecule has 4 rings (SSSR count). The van der Waals surface area contributed by atoms with Gasteiger partial charge in [-0.25, -0.2) is 0 Å². The number of hydrogen-bond donors (Lipinski definition) is 1. The molecule has 0 saturated heterocycles. The number of benzene rings is 1. The van der Waals surface area contributed by atoms with Gasteiger partial charge in [0.1, 0.15) is 6.04 Å². The van der Waals surface area contributed by atoms with Gasteiger partial charge in [-0.3, -0.25) is 9.59 Å². The second-order valence-electron chi connectivity index (χ2n) is 7.47. The first kappa shape index (κ1) is 17.3. The molecule has 1 fully saturated rings. The molecule has 1 unspecified atom stereocenters. The van der Waals surface area contributed by atoms with E-state index >= 15 is 0 Å². The van der Waals surface area contributed by atoms with Gasteiger partial charge in [-0.1, -0.05) is 31.2 Å². The summed E-state index contributed by atoms with van der Waals surface area (Å²) in [6, 6.07) is 11.2. The van der Waals surface area contributed by atoms with Gasteiger partial charge in [0.25, 0.3) is 5.91 Å². The number of rotatable bonds is 4. The monoisotopic (exact) mass is 368 g/mol. The van der Waals surface area contributed by atoms with Crippen LogP contribution in [0.15, 0.2) is 41.8 Å². The predicted molar refractivity (Wildman–Crippen MR) is 103 cm³/mol. The largest absolute Gasteiger partial charge is 0.351 e. The predicted octanol–water partition coefficient (Wildman–Crippen LogP) is 4.14. The van der Waals surface area contributed by atoms with E-state index in [1.807, 2.05) is 41.8 Å². The topological polar surface area (TPSA) is 49.4 Å². The normalized spacial score (nSPS) is 25.2. The molecule has 1 aromatic heterocycles. The lowest BCUT2D eigenvalue weighted by Gasteiger charge is -2.30. The highest BCUT2D eigenvalue weighted by atomic mass is 32.1. The molecule has 0 spiro atoms. The van der Waals surface area contributed by atoms with Crippen molar-refractivity contribution in [2.45, 2.75) is 51.2 Å². The minimum atomic E-state index is -0.528. The number of carbonyl (C=O) groups excluding carboxylic acids is 2. The van der Waals surface area contributed by atoms with Crippen molar-refractivity contribution in [2.75, 3.05) is 0 Å². The van der Waals surface area contributed by atoms with Crippen LogP contribution in [0.2, 0.25) is 0 Å². The fourth-order valence-electron chi connectivity index (χ4n) is 4.07. The first-order chi connectivity index (χ1) is 12.6. The van der Waals surface area contributed by atoms with E-state index in [4.69, 9.17) is 0 Å². The molecule has 1 atom stereocenters. The molecule has 1 aromatic carbocycles. The van der Waals surface area contributed by atoms with E-state index in [9.17, 15) is 9.59 Å². The van der Waals surface area contributed by atoms with Crippen LogP contribution in [-0.2, 0) is 11.3 Å². The SMILES string of the molecule is CC1CCC(NC(=O)C2c3ccccc3C(=O)N2Cc2cccs2)CC1. The van der Waals surface area contributed by atoms with Gasteiger partial charge in [-0.15, -0.1) is 11.3 Å². The minimum absolute atomic E-state index is 0.0422. The van der Waals surface area contributed by atoms with Crippen molar-refractivity contribution in [1.29, 1.82) is 0 Å². The molecule has 1 aliphatic heterocycles. The number of nitrogens with one attached hydrogen (secondary N) is 1. The summed E-state index contributed by atoms with van der Waals surface area (Å²) in [7, 11) is 0. The highest BCUT2D eigenvalue weighted by Gasteiger charge is 2.41. The third-order valence-electron chi connectivity index (χ3n) is 5.58. The molecule has 2 aliphatic rings. The number of hydrogen-bond acceptors (Lipinski definition) is 3. The zero-order valence-corrected chi connectivity index (χ0v) is 15.8. The van der Waals surface area contributed by atoms with Crippen LogP contribution in [0.1, 0.15) is 59.4 Å². The van der Waals surface area contributed by atoms with Crippen LogP contribution in [-0.4, -0.2) is 22.8 Å². The van der Waals surface area contributed by atoms with Crippen LogP contribution in [0.25, 0.3) is 0 Å². The minimum Gasteiger partial charge on any atom is -0.351 e. The zero-order valence-electron chi connectivity index (χ0n) is 15.0. The Morgan fingerprint density at radius 1 is 1.15 bits per heavy atom. The van der Waals surface area contributed by atoms with E-state index in [0.717, 1.165) is 42.0 Å². The highest BCUT2D eigenvalue weighted by molar-refractivity contribution is 7.09. The summed E-state index contributed by atoms with van der Waals surface area (Å²) in [4.78, 5) is 28.9. The van der Waals surface area contributed by atoms with Gasteiger partial charge in [-0.2, -0.15) is 0 Å². The molecule has 26 heavy (non-hydrogen) atoms. The molecule has 2 amide bonds. The van der Waals surface area contributed by atoms with E-state index in [-0.39, 0.29) is 17.9 Å². The summed E-state index contributed by atoms with van der Waals surface area (Å²) in [6.07, 6.45) is 4.37. The maximum absolute atomic E-state index is 13.1. The summed E-state index contributed by atoms with van der Waals surface area (Å²) in [5.41, 5.74) is 1.48. The average molecular weight is 369 g/mol. The maximum atomic E-state index is 13.1. The third kappa shape index (κ3) is 3.28. The Balaban J connectivity index is 1.57. The standard InChI is InChI=1S/C21H24N2O2S/c1-14-8-10-15(11-9-14)22-20(24)19-17-6-2-3-7-18(17)21(25)23(19)13-16-5-4-12-26-16/h2-7,12,14-15,19H,8-11,13H2,1H3,(H,22,24). The number of fused-ring (bicyclic) bond motifs is 1. The Morgan fingerprint density at radius 2 is 1.92 bits per heavy atom. The Kier molecular flexibility index (Phi) is 4.81. The van der Waals surface area contributed by atoms with Crippen molar-refractivity contribution in [2.24, 2.45) is 5.92 Å². The molecule has 0 radical (unpaired) electrons. The van der Waals surface area contributed by atoms with Gasteiger partial charge in [0, 0.05) is 16.5 Å². The lowest BCUT2D eigenvalue weighted by Crippen LogP contribution is -2.44. The smallest absolute Gasteiger partial charge is 0.255 e. The van der Waals surface area contributed by atoms with E-state index in [2.05, 4.69) is 12.2 Å². The lowest BCUT2D eigenvalue weighted by molar-refractivity contribution is -0.126.